The smallest absolute Gasteiger partial charge is 0.307 e. The van der Waals surface area contributed by atoms with Crippen molar-refractivity contribution in [3.8, 4) is 5.75 Å². The molecule has 2 aromatic carbocycles. The molecule has 1 unspecified atom stereocenters. The standard InChI is InChI=1S/C22H27N3O5/c1-24(13-15-4-5-17-11-18(29-2)7-6-16(17)10-15)20(26)14-25-9-8-23-22(28)19(25)12-21(27)30-3/h4-7,10-11,19H,8-9,12-14H2,1-3H3,(H,23,28). The Hall–Kier alpha value is -3.13. The average Bonchev–Trinajstić information content (AvgIpc) is 2.75. The zero-order valence-electron chi connectivity index (χ0n) is 17.5. The van der Waals surface area contributed by atoms with E-state index in [-0.39, 0.29) is 24.8 Å². The van der Waals surface area contributed by atoms with Crippen molar-refractivity contribution in [1.82, 2.24) is 15.1 Å². The molecule has 2 amide bonds. The molecule has 0 aromatic heterocycles. The monoisotopic (exact) mass is 413 g/mol. The van der Waals surface area contributed by atoms with Gasteiger partial charge in [-0.25, -0.2) is 0 Å². The van der Waals surface area contributed by atoms with Crippen LogP contribution >= 0.6 is 0 Å². The van der Waals surface area contributed by atoms with Crippen molar-refractivity contribution in [2.75, 3.05) is 40.9 Å². The fraction of sp³-hybridized carbons (Fsp3) is 0.409. The molecule has 0 bridgehead atoms. The van der Waals surface area contributed by atoms with Crippen LogP contribution in [-0.4, -0.2) is 74.5 Å². The van der Waals surface area contributed by atoms with Gasteiger partial charge in [0.1, 0.15) is 11.8 Å². The third-order valence-electron chi connectivity index (χ3n) is 5.33. The molecule has 30 heavy (non-hydrogen) atoms. The number of hydrogen-bond donors (Lipinski definition) is 1. The lowest BCUT2D eigenvalue weighted by molar-refractivity contribution is -0.147. The summed E-state index contributed by atoms with van der Waals surface area (Å²) in [7, 11) is 4.66. The summed E-state index contributed by atoms with van der Waals surface area (Å²) in [6, 6.07) is 11.2. The second kappa shape index (κ2) is 9.58. The maximum atomic E-state index is 12.8. The Bertz CT molecular complexity index is 946. The average molecular weight is 413 g/mol. The van der Waals surface area contributed by atoms with Crippen molar-refractivity contribution in [3.05, 3.63) is 42.0 Å². The molecule has 1 aliphatic rings. The maximum Gasteiger partial charge on any atom is 0.307 e. The predicted octanol–water partition coefficient (Wildman–Crippen LogP) is 1.17. The van der Waals surface area contributed by atoms with Gasteiger partial charge in [0.15, 0.2) is 0 Å². The van der Waals surface area contributed by atoms with Crippen LogP contribution < -0.4 is 10.1 Å². The molecule has 1 fully saturated rings. The van der Waals surface area contributed by atoms with E-state index < -0.39 is 12.0 Å². The lowest BCUT2D eigenvalue weighted by atomic mass is 10.1. The van der Waals surface area contributed by atoms with Gasteiger partial charge in [-0.1, -0.05) is 18.2 Å². The van der Waals surface area contributed by atoms with Crippen LogP contribution in [0.25, 0.3) is 10.8 Å². The van der Waals surface area contributed by atoms with Crippen molar-refractivity contribution < 1.29 is 23.9 Å². The third kappa shape index (κ3) is 5.07. The van der Waals surface area contributed by atoms with Crippen LogP contribution in [0.2, 0.25) is 0 Å². The van der Waals surface area contributed by atoms with Gasteiger partial charge in [0, 0.05) is 26.7 Å². The fourth-order valence-corrected chi connectivity index (χ4v) is 3.57. The number of carbonyl (C=O) groups is 3. The molecule has 1 N–H and O–H groups in total. The summed E-state index contributed by atoms with van der Waals surface area (Å²) in [5.41, 5.74) is 1.01. The van der Waals surface area contributed by atoms with E-state index in [9.17, 15) is 14.4 Å². The van der Waals surface area contributed by atoms with Crippen molar-refractivity contribution in [3.63, 3.8) is 0 Å². The van der Waals surface area contributed by atoms with Crippen LogP contribution in [0.4, 0.5) is 0 Å². The van der Waals surface area contributed by atoms with E-state index in [1.54, 1.807) is 24.0 Å². The first-order chi connectivity index (χ1) is 14.4. The van der Waals surface area contributed by atoms with Gasteiger partial charge in [-0.2, -0.15) is 0 Å². The van der Waals surface area contributed by atoms with Crippen molar-refractivity contribution in [2.45, 2.75) is 19.0 Å². The minimum Gasteiger partial charge on any atom is -0.497 e. The number of hydrogen-bond acceptors (Lipinski definition) is 6. The van der Waals surface area contributed by atoms with Gasteiger partial charge in [-0.3, -0.25) is 19.3 Å². The molecule has 1 saturated heterocycles. The molecule has 1 aliphatic heterocycles. The largest absolute Gasteiger partial charge is 0.497 e. The van der Waals surface area contributed by atoms with Gasteiger partial charge in [-0.05, 0) is 34.5 Å². The summed E-state index contributed by atoms with van der Waals surface area (Å²) in [6.07, 6.45) is -0.0759. The highest BCUT2D eigenvalue weighted by molar-refractivity contribution is 5.88. The number of likely N-dealkylation sites (N-methyl/N-ethyl adjacent to an activating group) is 1. The van der Waals surface area contributed by atoms with Gasteiger partial charge in [0.2, 0.25) is 11.8 Å². The molecule has 2 aromatic rings. The number of nitrogens with zero attached hydrogens (tertiary/aromatic N) is 2. The SMILES string of the molecule is COC(=O)CC1C(=O)NCCN1CC(=O)N(C)Cc1ccc2cc(OC)ccc2c1. The lowest BCUT2D eigenvalue weighted by Crippen LogP contribution is -2.58. The minimum absolute atomic E-state index is 0.0658. The summed E-state index contributed by atoms with van der Waals surface area (Å²) < 4.78 is 9.94. The van der Waals surface area contributed by atoms with Crippen LogP contribution in [0.5, 0.6) is 5.75 Å². The van der Waals surface area contributed by atoms with Crippen LogP contribution in [0.15, 0.2) is 36.4 Å². The summed E-state index contributed by atoms with van der Waals surface area (Å²) >= 11 is 0. The zero-order chi connectivity index (χ0) is 21.7. The molecule has 1 atom stereocenters. The van der Waals surface area contributed by atoms with E-state index >= 15 is 0 Å². The van der Waals surface area contributed by atoms with Gasteiger partial charge >= 0.3 is 5.97 Å². The number of fused-ring (bicyclic) bond motifs is 1. The number of ether oxygens (including phenoxy) is 2. The number of carbonyl (C=O) groups excluding carboxylic acids is 3. The predicted molar refractivity (Wildman–Crippen MR) is 112 cm³/mol. The van der Waals surface area contributed by atoms with Crippen LogP contribution in [0.3, 0.4) is 0 Å². The molecule has 0 spiro atoms. The number of nitrogens with one attached hydrogen (secondary N) is 1. The first kappa shape index (κ1) is 21.6. The summed E-state index contributed by atoms with van der Waals surface area (Å²) in [5.74, 6) is -0.0493. The van der Waals surface area contributed by atoms with Gasteiger partial charge in [-0.15, -0.1) is 0 Å². The first-order valence-corrected chi connectivity index (χ1v) is 9.80. The van der Waals surface area contributed by atoms with Gasteiger partial charge in [0.25, 0.3) is 0 Å². The highest BCUT2D eigenvalue weighted by atomic mass is 16.5. The molecular formula is C22H27N3O5. The Morgan fingerprint density at radius 1 is 1.17 bits per heavy atom. The number of esters is 1. The number of piperazine rings is 1. The van der Waals surface area contributed by atoms with Crippen LogP contribution in [-0.2, 0) is 25.7 Å². The molecule has 8 nitrogen and oxygen atoms in total. The number of rotatable bonds is 7. The second-order valence-corrected chi connectivity index (χ2v) is 7.35. The summed E-state index contributed by atoms with van der Waals surface area (Å²) in [4.78, 5) is 40.0. The van der Waals surface area contributed by atoms with Gasteiger partial charge in [0.05, 0.1) is 27.2 Å². The molecule has 160 valence electrons. The topological polar surface area (TPSA) is 88.2 Å². The van der Waals surface area contributed by atoms with E-state index in [2.05, 4.69) is 10.1 Å². The Balaban J connectivity index is 1.65. The van der Waals surface area contributed by atoms with Crippen LogP contribution in [0.1, 0.15) is 12.0 Å². The normalized spacial score (nSPS) is 16.8. The van der Waals surface area contributed by atoms with E-state index in [1.165, 1.54) is 7.11 Å². The first-order valence-electron chi connectivity index (χ1n) is 9.80. The third-order valence-corrected chi connectivity index (χ3v) is 5.33. The second-order valence-electron chi connectivity index (χ2n) is 7.35. The van der Waals surface area contributed by atoms with Gasteiger partial charge < -0.3 is 19.7 Å². The molecule has 3 rings (SSSR count). The van der Waals surface area contributed by atoms with Crippen molar-refractivity contribution in [1.29, 1.82) is 0 Å². The molecule has 0 saturated carbocycles. The van der Waals surface area contributed by atoms with Crippen molar-refractivity contribution in [2.24, 2.45) is 0 Å². The Kier molecular flexibility index (Phi) is 6.89. The van der Waals surface area contributed by atoms with Crippen molar-refractivity contribution >= 4 is 28.6 Å². The number of methoxy groups -OCH3 is 2. The van der Waals surface area contributed by atoms with E-state index in [0.717, 1.165) is 22.1 Å². The zero-order valence-corrected chi connectivity index (χ0v) is 17.5. The summed E-state index contributed by atoms with van der Waals surface area (Å²) in [5, 5.41) is 4.87. The van der Waals surface area contributed by atoms with E-state index in [1.807, 2.05) is 36.4 Å². The highest BCUT2D eigenvalue weighted by Gasteiger charge is 2.33. The van der Waals surface area contributed by atoms with Crippen LogP contribution in [0, 0.1) is 0 Å². The maximum absolute atomic E-state index is 12.8. The molecule has 0 radical (unpaired) electrons. The number of amides is 2. The molecule has 0 aliphatic carbocycles. The fourth-order valence-electron chi connectivity index (χ4n) is 3.57. The number of benzene rings is 2. The molecular weight excluding hydrogens is 386 g/mol. The lowest BCUT2D eigenvalue weighted by Gasteiger charge is -2.34. The molecule has 8 heteroatoms. The Morgan fingerprint density at radius 2 is 1.90 bits per heavy atom. The Labute approximate surface area is 175 Å². The summed E-state index contributed by atoms with van der Waals surface area (Å²) in [6.45, 7) is 1.46. The highest BCUT2D eigenvalue weighted by Crippen LogP contribution is 2.22. The molecule has 1 heterocycles. The van der Waals surface area contributed by atoms with E-state index in [0.29, 0.717) is 19.6 Å². The quantitative estimate of drug-likeness (QED) is 0.686. The Morgan fingerprint density at radius 3 is 2.63 bits per heavy atom. The van der Waals surface area contributed by atoms with E-state index in [4.69, 9.17) is 4.74 Å². The minimum atomic E-state index is -0.695.